The van der Waals surface area contributed by atoms with E-state index < -0.39 is 0 Å². The van der Waals surface area contributed by atoms with Crippen molar-refractivity contribution in [3.05, 3.63) is 45.4 Å². The summed E-state index contributed by atoms with van der Waals surface area (Å²) in [5, 5.41) is 5.17. The summed E-state index contributed by atoms with van der Waals surface area (Å²) in [7, 11) is 1.93. The predicted octanol–water partition coefficient (Wildman–Crippen LogP) is 3.70. The highest BCUT2D eigenvalue weighted by Crippen LogP contribution is 2.24. The Balaban J connectivity index is 2.15. The maximum atomic E-state index is 6.31. The lowest BCUT2D eigenvalue weighted by Gasteiger charge is -2.05. The SMILES string of the molecule is CCc1nn(C)cc1Cn1c(=S)[nH]c2cccc(Cl)c21. The number of halogens is 1. The van der Waals surface area contributed by atoms with Gasteiger partial charge in [0.15, 0.2) is 4.77 Å². The molecule has 104 valence electrons. The molecule has 6 heteroatoms. The Morgan fingerprint density at radius 1 is 1.40 bits per heavy atom. The average Bonchev–Trinajstić information content (AvgIpc) is 2.92. The van der Waals surface area contributed by atoms with Crippen molar-refractivity contribution >= 4 is 34.9 Å². The number of rotatable bonds is 3. The Kier molecular flexibility index (Phi) is 3.40. The average molecular weight is 307 g/mol. The van der Waals surface area contributed by atoms with E-state index in [-0.39, 0.29) is 0 Å². The molecule has 0 aliphatic heterocycles. The van der Waals surface area contributed by atoms with Crippen molar-refractivity contribution < 1.29 is 0 Å². The second-order valence-corrected chi connectivity index (χ2v) is 5.57. The van der Waals surface area contributed by atoms with Gasteiger partial charge in [0.05, 0.1) is 28.3 Å². The molecule has 0 unspecified atom stereocenters. The first-order valence-electron chi connectivity index (χ1n) is 6.48. The number of aromatic amines is 1. The van der Waals surface area contributed by atoms with Crippen LogP contribution in [0.1, 0.15) is 18.2 Å². The molecule has 1 N–H and O–H groups in total. The monoisotopic (exact) mass is 306 g/mol. The normalized spacial score (nSPS) is 11.3. The van der Waals surface area contributed by atoms with Crippen LogP contribution in [-0.2, 0) is 20.0 Å². The molecule has 0 fully saturated rings. The van der Waals surface area contributed by atoms with Crippen molar-refractivity contribution in [1.29, 1.82) is 0 Å². The number of benzene rings is 1. The molecule has 2 aromatic heterocycles. The fourth-order valence-corrected chi connectivity index (χ4v) is 3.05. The number of para-hydroxylation sites is 1. The molecule has 4 nitrogen and oxygen atoms in total. The highest BCUT2D eigenvalue weighted by molar-refractivity contribution is 7.71. The zero-order chi connectivity index (χ0) is 14.3. The van der Waals surface area contributed by atoms with Crippen LogP contribution in [0.25, 0.3) is 11.0 Å². The molecular weight excluding hydrogens is 292 g/mol. The molecule has 0 saturated carbocycles. The molecule has 0 spiro atoms. The van der Waals surface area contributed by atoms with Gasteiger partial charge in [-0.3, -0.25) is 4.68 Å². The van der Waals surface area contributed by atoms with Crippen LogP contribution in [0.15, 0.2) is 24.4 Å². The Morgan fingerprint density at radius 3 is 2.95 bits per heavy atom. The van der Waals surface area contributed by atoms with E-state index in [1.165, 1.54) is 5.56 Å². The van der Waals surface area contributed by atoms with Crippen LogP contribution in [0.5, 0.6) is 0 Å². The first-order chi connectivity index (χ1) is 9.60. The van der Waals surface area contributed by atoms with Crippen molar-refractivity contribution in [2.24, 2.45) is 7.05 Å². The summed E-state index contributed by atoms with van der Waals surface area (Å²) < 4.78 is 4.55. The third kappa shape index (κ3) is 2.17. The standard InChI is InChI=1S/C14H15ClN4S/c1-3-11-9(7-18(2)17-11)8-19-13-10(15)5-4-6-12(13)16-14(19)20/h4-7H,3,8H2,1-2H3,(H,16,20). The minimum Gasteiger partial charge on any atom is -0.331 e. The lowest BCUT2D eigenvalue weighted by Crippen LogP contribution is -2.01. The minimum absolute atomic E-state index is 0.680. The second kappa shape index (κ2) is 5.07. The number of fused-ring (bicyclic) bond motifs is 1. The Bertz CT molecular complexity index is 827. The van der Waals surface area contributed by atoms with Crippen molar-refractivity contribution in [3.8, 4) is 0 Å². The highest BCUT2D eigenvalue weighted by atomic mass is 35.5. The van der Waals surface area contributed by atoms with Gasteiger partial charge >= 0.3 is 0 Å². The van der Waals surface area contributed by atoms with Gasteiger partial charge in [-0.05, 0) is 30.8 Å². The van der Waals surface area contributed by atoms with Gasteiger partial charge in [0.2, 0.25) is 0 Å². The number of H-pyrrole nitrogens is 1. The van der Waals surface area contributed by atoms with Gasteiger partial charge in [-0.1, -0.05) is 24.6 Å². The zero-order valence-corrected chi connectivity index (χ0v) is 12.9. The summed E-state index contributed by atoms with van der Waals surface area (Å²) in [4.78, 5) is 3.20. The van der Waals surface area contributed by atoms with E-state index >= 15 is 0 Å². The maximum Gasteiger partial charge on any atom is 0.178 e. The fraction of sp³-hybridized carbons (Fsp3) is 0.286. The number of aromatic nitrogens is 4. The molecule has 3 rings (SSSR count). The summed E-state index contributed by atoms with van der Waals surface area (Å²) in [6.45, 7) is 2.78. The highest BCUT2D eigenvalue weighted by Gasteiger charge is 2.12. The molecule has 0 bridgehead atoms. The van der Waals surface area contributed by atoms with Gasteiger partial charge in [-0.15, -0.1) is 0 Å². The van der Waals surface area contributed by atoms with Crippen LogP contribution < -0.4 is 0 Å². The number of aryl methyl sites for hydroxylation is 2. The summed E-state index contributed by atoms with van der Waals surface area (Å²) in [5.74, 6) is 0. The van der Waals surface area contributed by atoms with Gasteiger partial charge in [0.25, 0.3) is 0 Å². The third-order valence-electron chi connectivity index (χ3n) is 3.40. The molecule has 0 amide bonds. The predicted molar refractivity (Wildman–Crippen MR) is 83.8 cm³/mol. The molecule has 0 aliphatic rings. The number of imidazole rings is 1. The smallest absolute Gasteiger partial charge is 0.178 e. The molecule has 2 heterocycles. The van der Waals surface area contributed by atoms with Gasteiger partial charge in [-0.2, -0.15) is 5.10 Å². The number of nitrogens with one attached hydrogen (secondary N) is 1. The van der Waals surface area contributed by atoms with Crippen LogP contribution in [0.2, 0.25) is 5.02 Å². The topological polar surface area (TPSA) is 38.5 Å². The van der Waals surface area contributed by atoms with Crippen LogP contribution in [0, 0.1) is 4.77 Å². The van der Waals surface area contributed by atoms with Crippen molar-refractivity contribution in [1.82, 2.24) is 19.3 Å². The molecular formula is C14H15ClN4S. The second-order valence-electron chi connectivity index (χ2n) is 4.78. The summed E-state index contributed by atoms with van der Waals surface area (Å²) in [6.07, 6.45) is 2.94. The summed E-state index contributed by atoms with van der Waals surface area (Å²) in [6, 6.07) is 5.78. The van der Waals surface area contributed by atoms with Crippen molar-refractivity contribution in [2.75, 3.05) is 0 Å². The molecule has 0 radical (unpaired) electrons. The van der Waals surface area contributed by atoms with E-state index in [9.17, 15) is 0 Å². The van der Waals surface area contributed by atoms with Gasteiger partial charge in [0, 0.05) is 18.8 Å². The van der Waals surface area contributed by atoms with Gasteiger partial charge in [0.1, 0.15) is 0 Å². The zero-order valence-electron chi connectivity index (χ0n) is 11.4. The number of hydrogen-bond acceptors (Lipinski definition) is 2. The minimum atomic E-state index is 0.680. The van der Waals surface area contributed by atoms with E-state index in [1.54, 1.807) is 0 Å². The van der Waals surface area contributed by atoms with E-state index in [1.807, 2.05) is 40.7 Å². The van der Waals surface area contributed by atoms with Gasteiger partial charge in [-0.25, -0.2) is 0 Å². The molecule has 3 aromatic rings. The molecule has 0 aliphatic carbocycles. The number of nitrogens with zero attached hydrogens (tertiary/aromatic N) is 3. The quantitative estimate of drug-likeness (QED) is 0.749. The first-order valence-corrected chi connectivity index (χ1v) is 7.27. The van der Waals surface area contributed by atoms with E-state index in [2.05, 4.69) is 17.0 Å². The van der Waals surface area contributed by atoms with Gasteiger partial charge < -0.3 is 9.55 Å². The number of hydrogen-bond donors (Lipinski definition) is 1. The molecule has 0 atom stereocenters. The van der Waals surface area contributed by atoms with Crippen LogP contribution in [0.3, 0.4) is 0 Å². The van der Waals surface area contributed by atoms with E-state index in [0.717, 1.165) is 23.1 Å². The summed E-state index contributed by atoms with van der Waals surface area (Å²) >= 11 is 11.7. The van der Waals surface area contributed by atoms with E-state index in [4.69, 9.17) is 23.8 Å². The Labute approximate surface area is 127 Å². The first kappa shape index (κ1) is 13.4. The largest absolute Gasteiger partial charge is 0.331 e. The van der Waals surface area contributed by atoms with Crippen LogP contribution >= 0.6 is 23.8 Å². The van der Waals surface area contributed by atoms with Crippen LogP contribution in [0.4, 0.5) is 0 Å². The Hall–Kier alpha value is -1.59. The van der Waals surface area contributed by atoms with Crippen molar-refractivity contribution in [3.63, 3.8) is 0 Å². The fourth-order valence-electron chi connectivity index (χ4n) is 2.51. The molecule has 20 heavy (non-hydrogen) atoms. The van der Waals surface area contributed by atoms with E-state index in [0.29, 0.717) is 16.3 Å². The van der Waals surface area contributed by atoms with Crippen LogP contribution in [-0.4, -0.2) is 19.3 Å². The third-order valence-corrected chi connectivity index (χ3v) is 4.03. The Morgan fingerprint density at radius 2 is 2.20 bits per heavy atom. The van der Waals surface area contributed by atoms with Crippen molar-refractivity contribution in [2.45, 2.75) is 19.9 Å². The molecule has 0 saturated heterocycles. The summed E-state index contributed by atoms with van der Waals surface area (Å²) in [5.41, 5.74) is 4.18. The maximum absolute atomic E-state index is 6.31. The lowest BCUT2D eigenvalue weighted by atomic mass is 10.2. The lowest BCUT2D eigenvalue weighted by molar-refractivity contribution is 0.746. The molecule has 1 aromatic carbocycles.